The lowest BCUT2D eigenvalue weighted by molar-refractivity contribution is -0.124. The monoisotopic (exact) mass is 410 g/mol. The molecule has 0 radical (unpaired) electrons. The minimum Gasteiger partial charge on any atom is -0.452 e. The Morgan fingerprint density at radius 3 is 2.48 bits per heavy atom. The summed E-state index contributed by atoms with van der Waals surface area (Å²) in [5.41, 5.74) is 0.851. The first kappa shape index (κ1) is 20.9. The molecule has 0 bridgehead atoms. The molecule has 0 atom stereocenters. The number of hydrogen-bond donors (Lipinski definition) is 1. The average Bonchev–Trinajstić information content (AvgIpc) is 2.64. The highest BCUT2D eigenvalue weighted by Crippen LogP contribution is 2.15. The van der Waals surface area contributed by atoms with E-state index in [9.17, 15) is 18.0 Å². The van der Waals surface area contributed by atoms with Crippen molar-refractivity contribution < 1.29 is 22.7 Å². The Morgan fingerprint density at radius 2 is 1.81 bits per heavy atom. The Hall–Kier alpha value is -2.42. The van der Waals surface area contributed by atoms with Crippen LogP contribution in [0, 0.1) is 0 Å². The number of hydrogen-bond acceptors (Lipinski definition) is 5. The molecule has 144 valence electrons. The predicted octanol–water partition coefficient (Wildman–Crippen LogP) is 2.06. The van der Waals surface area contributed by atoms with Gasteiger partial charge < -0.3 is 10.1 Å². The molecule has 7 nitrogen and oxygen atoms in total. The molecule has 0 saturated carbocycles. The van der Waals surface area contributed by atoms with Crippen molar-refractivity contribution in [2.24, 2.45) is 0 Å². The Bertz CT molecular complexity index is 944. The number of esters is 1. The number of halogens is 1. The van der Waals surface area contributed by atoms with Gasteiger partial charge in [0.05, 0.1) is 10.5 Å². The number of ether oxygens (including phenoxy) is 1. The summed E-state index contributed by atoms with van der Waals surface area (Å²) in [6.45, 7) is -0.239. The van der Waals surface area contributed by atoms with Gasteiger partial charge in [-0.1, -0.05) is 29.8 Å². The normalized spacial score (nSPS) is 11.3. The van der Waals surface area contributed by atoms with Crippen molar-refractivity contribution in [1.29, 1.82) is 0 Å². The molecule has 0 aliphatic rings. The van der Waals surface area contributed by atoms with Crippen LogP contribution < -0.4 is 5.32 Å². The lowest BCUT2D eigenvalue weighted by atomic mass is 10.2. The van der Waals surface area contributed by atoms with Crippen LogP contribution in [0.5, 0.6) is 0 Å². The van der Waals surface area contributed by atoms with Gasteiger partial charge in [0.15, 0.2) is 6.61 Å². The van der Waals surface area contributed by atoms with E-state index in [0.29, 0.717) is 5.02 Å². The van der Waals surface area contributed by atoms with Crippen molar-refractivity contribution in [3.8, 4) is 0 Å². The van der Waals surface area contributed by atoms with E-state index in [1.807, 2.05) is 0 Å². The molecule has 0 aromatic heterocycles. The lowest BCUT2D eigenvalue weighted by Gasteiger charge is -2.12. The maximum atomic E-state index is 12.1. The highest BCUT2D eigenvalue weighted by atomic mass is 35.5. The summed E-state index contributed by atoms with van der Waals surface area (Å²) in [4.78, 5) is 23.9. The summed E-state index contributed by atoms with van der Waals surface area (Å²) in [7, 11) is -0.885. The zero-order chi connectivity index (χ0) is 20.0. The zero-order valence-electron chi connectivity index (χ0n) is 14.8. The van der Waals surface area contributed by atoms with Gasteiger partial charge in [-0.3, -0.25) is 4.79 Å². The molecule has 0 aliphatic carbocycles. The third kappa shape index (κ3) is 5.78. The predicted molar refractivity (Wildman–Crippen MR) is 101 cm³/mol. The van der Waals surface area contributed by atoms with Gasteiger partial charge in [0.2, 0.25) is 10.0 Å². The summed E-state index contributed by atoms with van der Waals surface area (Å²) < 4.78 is 30.2. The Labute approximate surface area is 162 Å². The third-order valence-electron chi connectivity index (χ3n) is 3.56. The second-order valence-corrected chi connectivity index (χ2v) is 8.39. The highest BCUT2D eigenvalue weighted by molar-refractivity contribution is 7.89. The van der Waals surface area contributed by atoms with Gasteiger partial charge in [-0.25, -0.2) is 17.5 Å². The van der Waals surface area contributed by atoms with E-state index in [4.69, 9.17) is 16.3 Å². The van der Waals surface area contributed by atoms with Crippen LogP contribution in [-0.2, 0) is 26.1 Å². The number of carbonyl (C=O) groups is 2. The van der Waals surface area contributed by atoms with E-state index in [1.54, 1.807) is 24.3 Å². The molecule has 2 rings (SSSR count). The van der Waals surface area contributed by atoms with Crippen molar-refractivity contribution in [2.45, 2.75) is 11.4 Å². The van der Waals surface area contributed by atoms with Gasteiger partial charge in [0.25, 0.3) is 5.91 Å². The largest absolute Gasteiger partial charge is 0.452 e. The smallest absolute Gasteiger partial charge is 0.338 e. The third-order valence-corrected chi connectivity index (χ3v) is 5.61. The second-order valence-electron chi connectivity index (χ2n) is 5.80. The van der Waals surface area contributed by atoms with E-state index in [0.717, 1.165) is 9.87 Å². The quantitative estimate of drug-likeness (QED) is 0.705. The summed E-state index contributed by atoms with van der Waals surface area (Å²) in [5.74, 6) is -1.27. The van der Waals surface area contributed by atoms with Crippen LogP contribution in [0.2, 0.25) is 5.02 Å². The van der Waals surface area contributed by atoms with Crippen LogP contribution in [0.15, 0.2) is 53.4 Å². The molecule has 9 heteroatoms. The average molecular weight is 411 g/mol. The fourth-order valence-corrected chi connectivity index (χ4v) is 3.27. The Kier molecular flexibility index (Phi) is 6.95. The van der Waals surface area contributed by atoms with Crippen molar-refractivity contribution in [2.75, 3.05) is 20.7 Å². The molecule has 1 N–H and O–H groups in total. The summed E-state index contributed by atoms with van der Waals surface area (Å²) in [6.07, 6.45) is 0. The molecule has 27 heavy (non-hydrogen) atoms. The zero-order valence-corrected chi connectivity index (χ0v) is 16.4. The molecule has 0 fully saturated rings. The summed E-state index contributed by atoms with van der Waals surface area (Å²) in [6, 6.07) is 12.4. The van der Waals surface area contributed by atoms with Crippen LogP contribution in [0.1, 0.15) is 15.9 Å². The van der Waals surface area contributed by atoms with Crippen molar-refractivity contribution in [1.82, 2.24) is 9.62 Å². The van der Waals surface area contributed by atoms with Crippen LogP contribution in [0.3, 0.4) is 0 Å². The van der Waals surface area contributed by atoms with E-state index in [1.165, 1.54) is 38.4 Å². The molecular weight excluding hydrogens is 392 g/mol. The number of sulfonamides is 1. The van der Waals surface area contributed by atoms with Crippen LogP contribution in [0.4, 0.5) is 0 Å². The van der Waals surface area contributed by atoms with E-state index in [-0.39, 0.29) is 17.0 Å². The first-order valence-corrected chi connectivity index (χ1v) is 9.73. The number of nitrogens with zero attached hydrogens (tertiary/aromatic N) is 1. The van der Waals surface area contributed by atoms with E-state index >= 15 is 0 Å². The molecule has 1 amide bonds. The van der Waals surface area contributed by atoms with Crippen molar-refractivity contribution >= 4 is 33.5 Å². The Balaban J connectivity index is 1.93. The SMILES string of the molecule is CN(C)S(=O)(=O)c1cccc(C(=O)OCC(=O)NCc2cccc(Cl)c2)c1. The maximum absolute atomic E-state index is 12.1. The van der Waals surface area contributed by atoms with Gasteiger partial charge >= 0.3 is 5.97 Å². The first-order valence-electron chi connectivity index (χ1n) is 7.91. The fourth-order valence-electron chi connectivity index (χ4n) is 2.11. The number of carbonyl (C=O) groups excluding carboxylic acids is 2. The molecule has 2 aromatic rings. The van der Waals surface area contributed by atoms with Gasteiger partial charge in [0, 0.05) is 25.7 Å². The minimum absolute atomic E-state index is 0.0349. The molecular formula is C18H19ClN2O5S. The van der Waals surface area contributed by atoms with Gasteiger partial charge in [-0.2, -0.15) is 0 Å². The highest BCUT2D eigenvalue weighted by Gasteiger charge is 2.19. The van der Waals surface area contributed by atoms with Crippen LogP contribution >= 0.6 is 11.6 Å². The fraction of sp³-hybridized carbons (Fsp3) is 0.222. The second kappa shape index (κ2) is 8.98. The van der Waals surface area contributed by atoms with E-state index in [2.05, 4.69) is 5.32 Å². The Morgan fingerprint density at radius 1 is 1.11 bits per heavy atom. The van der Waals surface area contributed by atoms with Gasteiger partial charge in [0.1, 0.15) is 0 Å². The van der Waals surface area contributed by atoms with Crippen LogP contribution in [0.25, 0.3) is 0 Å². The summed E-state index contributed by atoms with van der Waals surface area (Å²) in [5, 5.41) is 3.16. The molecule has 0 saturated heterocycles. The molecule has 0 unspecified atom stereocenters. The lowest BCUT2D eigenvalue weighted by Crippen LogP contribution is -2.28. The van der Waals surface area contributed by atoms with Gasteiger partial charge in [-0.15, -0.1) is 0 Å². The minimum atomic E-state index is -3.67. The van der Waals surface area contributed by atoms with Crippen LogP contribution in [-0.4, -0.2) is 45.3 Å². The number of nitrogens with one attached hydrogen (secondary N) is 1. The van der Waals surface area contributed by atoms with Gasteiger partial charge in [-0.05, 0) is 35.9 Å². The number of benzene rings is 2. The van der Waals surface area contributed by atoms with E-state index < -0.39 is 28.5 Å². The number of rotatable bonds is 7. The molecule has 0 spiro atoms. The maximum Gasteiger partial charge on any atom is 0.338 e. The van der Waals surface area contributed by atoms with Crippen molar-refractivity contribution in [3.63, 3.8) is 0 Å². The summed E-state index contributed by atoms with van der Waals surface area (Å²) >= 11 is 5.87. The van der Waals surface area contributed by atoms with Crippen molar-refractivity contribution in [3.05, 3.63) is 64.7 Å². The molecule has 2 aromatic carbocycles. The topological polar surface area (TPSA) is 92.8 Å². The standard InChI is InChI=1S/C18H19ClN2O5S/c1-21(2)27(24,25)16-8-4-6-14(10-16)18(23)26-12-17(22)20-11-13-5-3-7-15(19)9-13/h3-10H,11-12H2,1-2H3,(H,20,22). The molecule has 0 heterocycles. The first-order chi connectivity index (χ1) is 12.7. The molecule has 0 aliphatic heterocycles. The number of amides is 1.